The first-order chi connectivity index (χ1) is 7.74. The normalized spacial score (nSPS) is 21.2. The van der Waals surface area contributed by atoms with E-state index in [0.717, 1.165) is 12.1 Å². The fourth-order valence-electron chi connectivity index (χ4n) is 2.34. The lowest BCUT2D eigenvalue weighted by atomic mass is 9.96. The number of hydrogen-bond acceptors (Lipinski definition) is 2. The third kappa shape index (κ3) is 1.71. The summed E-state index contributed by atoms with van der Waals surface area (Å²) >= 11 is 0. The number of anilines is 1. The van der Waals surface area contributed by atoms with Gasteiger partial charge < -0.3 is 11.1 Å². The first-order valence-electron chi connectivity index (χ1n) is 5.92. The van der Waals surface area contributed by atoms with Gasteiger partial charge in [0.1, 0.15) is 0 Å². The Labute approximate surface area is 95.0 Å². The van der Waals surface area contributed by atoms with Crippen LogP contribution in [-0.2, 0) is 11.2 Å². The Morgan fingerprint density at radius 2 is 2.12 bits per heavy atom. The molecular formula is C13H16N2O. The smallest absolute Gasteiger partial charge is 0.224 e. The van der Waals surface area contributed by atoms with E-state index >= 15 is 0 Å². The third-order valence-electron chi connectivity index (χ3n) is 3.54. The fourth-order valence-corrected chi connectivity index (χ4v) is 2.34. The molecule has 3 nitrogen and oxygen atoms in total. The SMILES string of the molecule is NC(c1ccc2c(c1)CCC(=O)N2)C1CC1. The molecule has 1 heterocycles. The fraction of sp³-hybridized carbons (Fsp3) is 0.462. The highest BCUT2D eigenvalue weighted by molar-refractivity contribution is 5.93. The summed E-state index contributed by atoms with van der Waals surface area (Å²) in [6.45, 7) is 0. The minimum Gasteiger partial charge on any atom is -0.326 e. The monoisotopic (exact) mass is 216 g/mol. The second-order valence-electron chi connectivity index (χ2n) is 4.83. The summed E-state index contributed by atoms with van der Waals surface area (Å²) in [6, 6.07) is 6.39. The second-order valence-corrected chi connectivity index (χ2v) is 4.83. The van der Waals surface area contributed by atoms with Gasteiger partial charge in [0.15, 0.2) is 0 Å². The van der Waals surface area contributed by atoms with E-state index in [9.17, 15) is 4.79 Å². The quantitative estimate of drug-likeness (QED) is 0.794. The van der Waals surface area contributed by atoms with Crippen molar-refractivity contribution in [1.29, 1.82) is 0 Å². The van der Waals surface area contributed by atoms with Gasteiger partial charge in [0, 0.05) is 18.2 Å². The van der Waals surface area contributed by atoms with E-state index in [4.69, 9.17) is 5.73 Å². The van der Waals surface area contributed by atoms with Crippen LogP contribution in [0.1, 0.15) is 36.4 Å². The molecule has 0 aromatic heterocycles. The number of carbonyl (C=O) groups is 1. The van der Waals surface area contributed by atoms with Crippen molar-refractivity contribution in [2.24, 2.45) is 11.7 Å². The number of rotatable bonds is 2. The number of nitrogens with one attached hydrogen (secondary N) is 1. The van der Waals surface area contributed by atoms with Crippen LogP contribution in [0.5, 0.6) is 0 Å². The minimum absolute atomic E-state index is 0.117. The Kier molecular flexibility index (Phi) is 2.21. The van der Waals surface area contributed by atoms with Crippen LogP contribution in [0, 0.1) is 5.92 Å². The molecule has 1 atom stereocenters. The van der Waals surface area contributed by atoms with Gasteiger partial charge in [-0.1, -0.05) is 12.1 Å². The van der Waals surface area contributed by atoms with E-state index in [0.29, 0.717) is 12.3 Å². The van der Waals surface area contributed by atoms with Gasteiger partial charge in [0.2, 0.25) is 5.91 Å². The first-order valence-corrected chi connectivity index (χ1v) is 5.92. The number of aryl methyl sites for hydroxylation is 1. The first kappa shape index (κ1) is 9.85. The van der Waals surface area contributed by atoms with Gasteiger partial charge in [-0.05, 0) is 42.4 Å². The van der Waals surface area contributed by atoms with E-state index in [2.05, 4.69) is 11.4 Å². The maximum atomic E-state index is 11.2. The Bertz CT molecular complexity index is 438. The largest absolute Gasteiger partial charge is 0.326 e. The highest BCUT2D eigenvalue weighted by Gasteiger charge is 2.30. The van der Waals surface area contributed by atoms with E-state index < -0.39 is 0 Å². The average molecular weight is 216 g/mol. The number of benzene rings is 1. The van der Waals surface area contributed by atoms with Crippen LogP contribution < -0.4 is 11.1 Å². The number of amides is 1. The van der Waals surface area contributed by atoms with Crippen molar-refractivity contribution in [3.05, 3.63) is 29.3 Å². The Morgan fingerprint density at radius 3 is 2.88 bits per heavy atom. The number of hydrogen-bond donors (Lipinski definition) is 2. The standard InChI is InChI=1S/C13H16N2O/c14-13(8-1-2-8)10-3-5-11-9(7-10)4-6-12(16)15-11/h3,5,7-8,13H,1-2,4,6,14H2,(H,15,16). The van der Waals surface area contributed by atoms with Crippen molar-refractivity contribution in [1.82, 2.24) is 0 Å². The zero-order valence-corrected chi connectivity index (χ0v) is 9.20. The van der Waals surface area contributed by atoms with Crippen LogP contribution in [-0.4, -0.2) is 5.91 Å². The molecule has 1 aliphatic carbocycles. The topological polar surface area (TPSA) is 55.1 Å². The molecule has 2 aliphatic rings. The summed E-state index contributed by atoms with van der Waals surface area (Å²) in [6.07, 6.45) is 3.95. The summed E-state index contributed by atoms with van der Waals surface area (Å²) in [5.74, 6) is 0.794. The molecule has 3 rings (SSSR count). The molecule has 3 heteroatoms. The molecule has 0 bridgehead atoms. The third-order valence-corrected chi connectivity index (χ3v) is 3.54. The lowest BCUT2D eigenvalue weighted by Crippen LogP contribution is -2.20. The maximum absolute atomic E-state index is 11.2. The van der Waals surface area contributed by atoms with Crippen LogP contribution in [0.15, 0.2) is 18.2 Å². The number of carbonyl (C=O) groups excluding carboxylic acids is 1. The van der Waals surface area contributed by atoms with Gasteiger partial charge >= 0.3 is 0 Å². The molecule has 1 fully saturated rings. The van der Waals surface area contributed by atoms with Crippen LogP contribution >= 0.6 is 0 Å². The lowest BCUT2D eigenvalue weighted by Gasteiger charge is -2.19. The lowest BCUT2D eigenvalue weighted by molar-refractivity contribution is -0.116. The molecule has 1 aromatic rings. The number of fused-ring (bicyclic) bond motifs is 1. The van der Waals surface area contributed by atoms with Gasteiger partial charge in [0.05, 0.1) is 0 Å². The summed E-state index contributed by atoms with van der Waals surface area (Å²) in [4.78, 5) is 11.2. The van der Waals surface area contributed by atoms with Crippen molar-refractivity contribution in [2.45, 2.75) is 31.7 Å². The van der Waals surface area contributed by atoms with E-state index in [1.165, 1.54) is 24.0 Å². The summed E-state index contributed by atoms with van der Waals surface area (Å²) < 4.78 is 0. The van der Waals surface area contributed by atoms with Crippen molar-refractivity contribution in [2.75, 3.05) is 5.32 Å². The molecule has 0 radical (unpaired) electrons. The molecule has 1 aliphatic heterocycles. The highest BCUT2D eigenvalue weighted by atomic mass is 16.1. The van der Waals surface area contributed by atoms with Gasteiger partial charge in [-0.25, -0.2) is 0 Å². The van der Waals surface area contributed by atoms with E-state index in [1.807, 2.05) is 12.1 Å². The maximum Gasteiger partial charge on any atom is 0.224 e. The predicted octanol–water partition coefficient (Wildman–Crippen LogP) is 1.98. The molecule has 1 aromatic carbocycles. The molecule has 1 amide bonds. The molecular weight excluding hydrogens is 200 g/mol. The van der Waals surface area contributed by atoms with Crippen LogP contribution in [0.4, 0.5) is 5.69 Å². The Morgan fingerprint density at radius 1 is 1.31 bits per heavy atom. The summed E-state index contributed by atoms with van der Waals surface area (Å²) in [5, 5.41) is 2.89. The predicted molar refractivity (Wildman–Crippen MR) is 63.0 cm³/mol. The molecule has 1 unspecified atom stereocenters. The van der Waals surface area contributed by atoms with Crippen molar-refractivity contribution in [3.63, 3.8) is 0 Å². The van der Waals surface area contributed by atoms with E-state index in [1.54, 1.807) is 0 Å². The number of nitrogens with two attached hydrogens (primary N) is 1. The Balaban J connectivity index is 1.89. The van der Waals surface area contributed by atoms with Crippen molar-refractivity contribution in [3.8, 4) is 0 Å². The van der Waals surface area contributed by atoms with Gasteiger partial charge in [-0.3, -0.25) is 4.79 Å². The van der Waals surface area contributed by atoms with Crippen molar-refractivity contribution < 1.29 is 4.79 Å². The van der Waals surface area contributed by atoms with Crippen LogP contribution in [0.2, 0.25) is 0 Å². The molecule has 3 N–H and O–H groups in total. The molecule has 84 valence electrons. The zero-order chi connectivity index (χ0) is 11.1. The van der Waals surface area contributed by atoms with Crippen molar-refractivity contribution >= 4 is 11.6 Å². The zero-order valence-electron chi connectivity index (χ0n) is 9.20. The average Bonchev–Trinajstić information content (AvgIpc) is 3.11. The van der Waals surface area contributed by atoms with Crippen LogP contribution in [0.3, 0.4) is 0 Å². The molecule has 16 heavy (non-hydrogen) atoms. The minimum atomic E-state index is 0.117. The molecule has 0 saturated heterocycles. The van der Waals surface area contributed by atoms with Gasteiger partial charge in [-0.15, -0.1) is 0 Å². The summed E-state index contributed by atoms with van der Waals surface area (Å²) in [5.41, 5.74) is 9.58. The van der Waals surface area contributed by atoms with E-state index in [-0.39, 0.29) is 11.9 Å². The molecule has 1 saturated carbocycles. The summed E-state index contributed by atoms with van der Waals surface area (Å²) in [7, 11) is 0. The van der Waals surface area contributed by atoms with Gasteiger partial charge in [0.25, 0.3) is 0 Å². The Hall–Kier alpha value is -1.35. The highest BCUT2D eigenvalue weighted by Crippen LogP contribution is 2.40. The van der Waals surface area contributed by atoms with Crippen LogP contribution in [0.25, 0.3) is 0 Å². The second kappa shape index (κ2) is 3.59. The molecule has 0 spiro atoms. The van der Waals surface area contributed by atoms with Gasteiger partial charge in [-0.2, -0.15) is 0 Å².